The van der Waals surface area contributed by atoms with Crippen LogP contribution in [0.1, 0.15) is 46.0 Å². The Balaban J connectivity index is 5.59. The predicted octanol–water partition coefficient (Wildman–Crippen LogP) is -2.21. The average Bonchev–Trinajstić information content (AvgIpc) is 2.75. The van der Waals surface area contributed by atoms with Crippen molar-refractivity contribution in [3.63, 3.8) is 0 Å². The van der Waals surface area contributed by atoms with Crippen LogP contribution < -0.4 is 33.2 Å². The highest BCUT2D eigenvalue weighted by Crippen LogP contribution is 2.11. The number of nitrogens with one attached hydrogen (secondary N) is 3. The SMILES string of the molecule is CCC(C)C(NC(=O)C(CCC(N)=O)NC(=O)C(N)CC(N)=O)C(=O)NC(CCSC)C(=O)O. The zero-order chi connectivity index (χ0) is 26.4. The molecule has 0 aromatic rings. The monoisotopic (exact) mass is 504 g/mol. The largest absolute Gasteiger partial charge is 0.480 e. The number of primary amides is 2. The molecular formula is C20H36N6O7S. The van der Waals surface area contributed by atoms with Gasteiger partial charge in [-0.05, 0) is 30.8 Å². The van der Waals surface area contributed by atoms with Crippen molar-refractivity contribution >= 4 is 47.3 Å². The molecule has 0 rings (SSSR count). The molecule has 0 bridgehead atoms. The van der Waals surface area contributed by atoms with Gasteiger partial charge in [-0.15, -0.1) is 0 Å². The summed E-state index contributed by atoms with van der Waals surface area (Å²) in [4.78, 5) is 71.8. The van der Waals surface area contributed by atoms with E-state index in [-0.39, 0.29) is 25.2 Å². The number of amides is 5. The summed E-state index contributed by atoms with van der Waals surface area (Å²) < 4.78 is 0. The van der Waals surface area contributed by atoms with Crippen LogP contribution in [-0.2, 0) is 28.8 Å². The lowest BCUT2D eigenvalue weighted by atomic mass is 9.97. The predicted molar refractivity (Wildman–Crippen MR) is 126 cm³/mol. The maximum Gasteiger partial charge on any atom is 0.326 e. The van der Waals surface area contributed by atoms with E-state index in [0.717, 1.165) is 0 Å². The third kappa shape index (κ3) is 11.8. The number of carbonyl (C=O) groups is 6. The van der Waals surface area contributed by atoms with Crippen LogP contribution in [0.4, 0.5) is 0 Å². The number of hydrogen-bond donors (Lipinski definition) is 7. The van der Waals surface area contributed by atoms with Crippen molar-refractivity contribution in [2.75, 3.05) is 12.0 Å². The number of carbonyl (C=O) groups excluding carboxylic acids is 5. The summed E-state index contributed by atoms with van der Waals surface area (Å²) in [7, 11) is 0. The minimum absolute atomic E-state index is 0.184. The molecule has 13 nitrogen and oxygen atoms in total. The van der Waals surface area contributed by atoms with Gasteiger partial charge in [0.2, 0.25) is 29.5 Å². The first-order valence-corrected chi connectivity index (χ1v) is 12.2. The molecule has 0 saturated heterocycles. The molecule has 0 spiro atoms. The molecule has 194 valence electrons. The van der Waals surface area contributed by atoms with Crippen molar-refractivity contribution < 1.29 is 33.9 Å². The summed E-state index contributed by atoms with van der Waals surface area (Å²) in [6.45, 7) is 3.48. The van der Waals surface area contributed by atoms with Crippen LogP contribution in [0.2, 0.25) is 0 Å². The van der Waals surface area contributed by atoms with Gasteiger partial charge in [0, 0.05) is 6.42 Å². The van der Waals surface area contributed by atoms with E-state index in [0.29, 0.717) is 12.2 Å². The molecule has 0 aromatic carbocycles. The van der Waals surface area contributed by atoms with E-state index in [1.165, 1.54) is 11.8 Å². The minimum atomic E-state index is -1.32. The van der Waals surface area contributed by atoms with Crippen molar-refractivity contribution in [1.82, 2.24) is 16.0 Å². The number of thioether (sulfide) groups is 1. The van der Waals surface area contributed by atoms with Crippen LogP contribution in [-0.4, -0.2) is 76.8 Å². The standard InChI is InChI=1S/C20H36N6O7S/c1-4-10(2)16(19(31)25-13(20(32)33)7-8-34-3)26-18(30)12(5-6-14(22)27)24-17(29)11(21)9-15(23)28/h10-13,16H,4-9,21H2,1-3H3,(H2,22,27)(H2,23,28)(H,24,29)(H,25,31)(H,26,30)(H,32,33). The van der Waals surface area contributed by atoms with Crippen LogP contribution in [0.15, 0.2) is 0 Å². The van der Waals surface area contributed by atoms with Crippen molar-refractivity contribution in [2.45, 2.75) is 70.1 Å². The molecule has 0 saturated carbocycles. The number of hydrogen-bond acceptors (Lipinski definition) is 8. The molecular weight excluding hydrogens is 468 g/mol. The first-order chi connectivity index (χ1) is 15.8. The van der Waals surface area contributed by atoms with Crippen LogP contribution in [0.25, 0.3) is 0 Å². The minimum Gasteiger partial charge on any atom is -0.480 e. The fourth-order valence-electron chi connectivity index (χ4n) is 2.85. The van der Waals surface area contributed by atoms with Gasteiger partial charge in [0.05, 0.1) is 12.5 Å². The topological polar surface area (TPSA) is 237 Å². The van der Waals surface area contributed by atoms with Gasteiger partial charge in [0.1, 0.15) is 18.1 Å². The lowest BCUT2D eigenvalue weighted by molar-refractivity contribution is -0.142. The lowest BCUT2D eigenvalue weighted by Crippen LogP contribution is -2.59. The van der Waals surface area contributed by atoms with Crippen molar-refractivity contribution in [2.24, 2.45) is 23.1 Å². The van der Waals surface area contributed by atoms with Crippen molar-refractivity contribution in [3.8, 4) is 0 Å². The zero-order valence-electron chi connectivity index (χ0n) is 19.7. The van der Waals surface area contributed by atoms with Crippen molar-refractivity contribution in [1.29, 1.82) is 0 Å². The Bertz CT molecular complexity index is 751. The maximum absolute atomic E-state index is 13.0. The van der Waals surface area contributed by atoms with Gasteiger partial charge in [0.15, 0.2) is 0 Å². The molecule has 10 N–H and O–H groups in total. The van der Waals surface area contributed by atoms with E-state index in [2.05, 4.69) is 16.0 Å². The molecule has 0 aliphatic carbocycles. The Hall–Kier alpha value is -2.87. The molecule has 0 aliphatic heterocycles. The zero-order valence-corrected chi connectivity index (χ0v) is 20.5. The molecule has 0 fully saturated rings. The third-order valence-electron chi connectivity index (χ3n) is 5.09. The van der Waals surface area contributed by atoms with E-state index in [4.69, 9.17) is 17.2 Å². The van der Waals surface area contributed by atoms with E-state index < -0.39 is 66.1 Å². The average molecular weight is 505 g/mol. The third-order valence-corrected chi connectivity index (χ3v) is 5.73. The van der Waals surface area contributed by atoms with Crippen LogP contribution >= 0.6 is 11.8 Å². The Morgan fingerprint density at radius 2 is 1.47 bits per heavy atom. The molecule has 34 heavy (non-hydrogen) atoms. The van der Waals surface area contributed by atoms with E-state index in [1.54, 1.807) is 20.1 Å². The van der Waals surface area contributed by atoms with Gasteiger partial charge in [-0.25, -0.2) is 4.79 Å². The first-order valence-electron chi connectivity index (χ1n) is 10.8. The molecule has 0 aliphatic rings. The molecule has 5 amide bonds. The summed E-state index contributed by atoms with van der Waals surface area (Å²) in [6, 6.07) is -4.85. The number of carboxylic acids is 1. The molecule has 14 heteroatoms. The van der Waals surface area contributed by atoms with Crippen LogP contribution in [0.5, 0.6) is 0 Å². The summed E-state index contributed by atoms with van der Waals surface area (Å²) >= 11 is 1.43. The van der Waals surface area contributed by atoms with Crippen LogP contribution in [0.3, 0.4) is 0 Å². The van der Waals surface area contributed by atoms with E-state index in [1.807, 2.05) is 0 Å². The number of rotatable bonds is 17. The number of aliphatic carboxylic acids is 1. The highest BCUT2D eigenvalue weighted by atomic mass is 32.2. The second kappa shape index (κ2) is 15.9. The lowest BCUT2D eigenvalue weighted by Gasteiger charge is -2.28. The number of carboxylic acid groups (broad SMARTS) is 1. The molecule has 0 heterocycles. The summed E-state index contributed by atoms with van der Waals surface area (Å²) in [5.74, 6) is -4.96. The van der Waals surface area contributed by atoms with Gasteiger partial charge in [0.25, 0.3) is 0 Å². The van der Waals surface area contributed by atoms with Gasteiger partial charge >= 0.3 is 5.97 Å². The Kier molecular flexibility index (Phi) is 14.5. The number of nitrogens with two attached hydrogens (primary N) is 3. The van der Waals surface area contributed by atoms with E-state index in [9.17, 15) is 33.9 Å². The highest BCUT2D eigenvalue weighted by molar-refractivity contribution is 7.98. The molecule has 0 aromatic heterocycles. The summed E-state index contributed by atoms with van der Waals surface area (Å²) in [6.07, 6.45) is 1.58. The first kappa shape index (κ1) is 31.1. The Morgan fingerprint density at radius 3 is 1.94 bits per heavy atom. The van der Waals surface area contributed by atoms with Crippen LogP contribution in [0, 0.1) is 5.92 Å². The molecule has 5 unspecified atom stereocenters. The summed E-state index contributed by atoms with van der Waals surface area (Å²) in [5.41, 5.74) is 15.8. The Labute approximate surface area is 202 Å². The van der Waals surface area contributed by atoms with Gasteiger partial charge in [-0.2, -0.15) is 11.8 Å². The maximum atomic E-state index is 13.0. The van der Waals surface area contributed by atoms with Gasteiger partial charge < -0.3 is 38.3 Å². The quantitative estimate of drug-likeness (QED) is 0.113. The van der Waals surface area contributed by atoms with Crippen molar-refractivity contribution in [3.05, 3.63) is 0 Å². The fourth-order valence-corrected chi connectivity index (χ4v) is 3.33. The molecule has 5 atom stereocenters. The van der Waals surface area contributed by atoms with Gasteiger partial charge in [-0.1, -0.05) is 20.3 Å². The normalized spacial score (nSPS) is 15.2. The smallest absolute Gasteiger partial charge is 0.326 e. The summed E-state index contributed by atoms with van der Waals surface area (Å²) in [5, 5.41) is 16.7. The Morgan fingerprint density at radius 1 is 0.882 bits per heavy atom. The van der Waals surface area contributed by atoms with E-state index >= 15 is 0 Å². The fraction of sp³-hybridized carbons (Fsp3) is 0.700. The van der Waals surface area contributed by atoms with Gasteiger partial charge in [-0.3, -0.25) is 24.0 Å². The highest BCUT2D eigenvalue weighted by Gasteiger charge is 2.32. The molecule has 0 radical (unpaired) electrons. The second-order valence-corrected chi connectivity index (χ2v) is 8.88. The second-order valence-electron chi connectivity index (χ2n) is 7.90.